The summed E-state index contributed by atoms with van der Waals surface area (Å²) < 4.78 is 20.4. The second-order valence-electron chi connectivity index (χ2n) is 9.39. The Hall–Kier alpha value is -3.60. The van der Waals surface area contributed by atoms with E-state index in [-0.39, 0.29) is 23.5 Å². The SMILES string of the molecule is CCOC(=O)C=Cc1ccc(C2(C)c3ccc(O)cc3CCN2c2ccc(C(C)C)cc2F)cc1. The fourth-order valence-electron chi connectivity index (χ4n) is 4.91. The standard InChI is InChI=1S/C30H32FNO3/c1-5-35-29(34)15-8-21-6-10-24(11-7-21)30(4)26-13-12-25(33)18-23(26)16-17-32(30)28-14-9-22(20(2)3)19-27(28)31/h6-15,18-20,33H,5,16-17H2,1-4H3. The molecule has 0 aliphatic carbocycles. The van der Waals surface area contributed by atoms with E-state index >= 15 is 4.39 Å². The van der Waals surface area contributed by atoms with Crippen molar-refractivity contribution in [2.45, 2.75) is 45.6 Å². The van der Waals surface area contributed by atoms with Crippen molar-refractivity contribution < 1.29 is 19.0 Å². The number of anilines is 1. The first-order valence-corrected chi connectivity index (χ1v) is 12.1. The number of ether oxygens (including phenoxy) is 1. The van der Waals surface area contributed by atoms with E-state index in [0.717, 1.165) is 27.8 Å². The monoisotopic (exact) mass is 473 g/mol. The van der Waals surface area contributed by atoms with Crippen molar-refractivity contribution in [2.75, 3.05) is 18.1 Å². The number of aromatic hydroxyl groups is 1. The van der Waals surface area contributed by atoms with Crippen LogP contribution in [0.15, 0.2) is 66.7 Å². The molecule has 1 aliphatic rings. The fraction of sp³-hybridized carbons (Fsp3) is 0.300. The van der Waals surface area contributed by atoms with Crippen molar-refractivity contribution in [1.29, 1.82) is 0 Å². The number of carbonyl (C=O) groups is 1. The van der Waals surface area contributed by atoms with Crippen LogP contribution in [0.25, 0.3) is 6.08 Å². The first-order valence-electron chi connectivity index (χ1n) is 12.1. The number of phenols is 1. The summed E-state index contributed by atoms with van der Waals surface area (Å²) in [6, 6.07) is 18.9. The zero-order valence-corrected chi connectivity index (χ0v) is 20.7. The quantitative estimate of drug-likeness (QED) is 0.325. The van der Waals surface area contributed by atoms with Crippen molar-refractivity contribution in [3.63, 3.8) is 0 Å². The number of halogens is 1. The van der Waals surface area contributed by atoms with Crippen LogP contribution in [0.2, 0.25) is 0 Å². The molecule has 1 heterocycles. The number of rotatable bonds is 6. The van der Waals surface area contributed by atoms with E-state index < -0.39 is 5.54 Å². The van der Waals surface area contributed by atoms with Crippen molar-refractivity contribution in [2.24, 2.45) is 0 Å². The molecule has 0 fully saturated rings. The summed E-state index contributed by atoms with van der Waals surface area (Å²) in [6.45, 7) is 8.92. The minimum atomic E-state index is -0.662. The Bertz CT molecular complexity index is 1250. The molecule has 0 aromatic heterocycles. The largest absolute Gasteiger partial charge is 0.508 e. The number of fused-ring (bicyclic) bond motifs is 1. The van der Waals surface area contributed by atoms with Gasteiger partial charge < -0.3 is 14.7 Å². The maximum Gasteiger partial charge on any atom is 0.330 e. The van der Waals surface area contributed by atoms with Gasteiger partial charge in [-0.15, -0.1) is 0 Å². The highest BCUT2D eigenvalue weighted by Crippen LogP contribution is 2.45. The molecule has 182 valence electrons. The van der Waals surface area contributed by atoms with E-state index in [0.29, 0.717) is 25.3 Å². The zero-order chi connectivity index (χ0) is 25.2. The highest BCUT2D eigenvalue weighted by Gasteiger charge is 2.41. The Morgan fingerprint density at radius 2 is 1.89 bits per heavy atom. The van der Waals surface area contributed by atoms with Gasteiger partial charge in [0.05, 0.1) is 17.8 Å². The first-order chi connectivity index (χ1) is 16.7. The molecule has 5 heteroatoms. The molecule has 4 nitrogen and oxygen atoms in total. The molecule has 3 aromatic rings. The molecule has 0 amide bonds. The molecule has 1 atom stereocenters. The predicted octanol–water partition coefficient (Wildman–Crippen LogP) is 6.56. The number of phenolic OH excluding ortho intramolecular Hbond substituents is 1. The summed E-state index contributed by atoms with van der Waals surface area (Å²) in [4.78, 5) is 13.8. The number of hydrogen-bond acceptors (Lipinski definition) is 4. The summed E-state index contributed by atoms with van der Waals surface area (Å²) >= 11 is 0. The smallest absolute Gasteiger partial charge is 0.330 e. The topological polar surface area (TPSA) is 49.8 Å². The number of esters is 1. The minimum absolute atomic E-state index is 0.228. The summed E-state index contributed by atoms with van der Waals surface area (Å²) in [5.74, 6) is -0.147. The Balaban J connectivity index is 1.79. The summed E-state index contributed by atoms with van der Waals surface area (Å²) in [5.41, 5.74) is 4.80. The van der Waals surface area contributed by atoms with Gasteiger partial charge in [0.25, 0.3) is 0 Å². The van der Waals surface area contributed by atoms with Gasteiger partial charge in [0.2, 0.25) is 0 Å². The molecule has 0 saturated heterocycles. The Morgan fingerprint density at radius 3 is 2.54 bits per heavy atom. The summed E-state index contributed by atoms with van der Waals surface area (Å²) in [6.07, 6.45) is 3.83. The van der Waals surface area contributed by atoms with E-state index in [1.54, 1.807) is 31.2 Å². The van der Waals surface area contributed by atoms with Gasteiger partial charge in [-0.3, -0.25) is 0 Å². The highest BCUT2D eigenvalue weighted by molar-refractivity contribution is 5.87. The third-order valence-corrected chi connectivity index (χ3v) is 6.86. The molecule has 1 N–H and O–H groups in total. The van der Waals surface area contributed by atoms with Crippen LogP contribution in [0.3, 0.4) is 0 Å². The normalized spacial score (nSPS) is 17.6. The maximum atomic E-state index is 15.5. The van der Waals surface area contributed by atoms with Gasteiger partial charge in [-0.2, -0.15) is 0 Å². The molecular formula is C30H32FNO3. The van der Waals surface area contributed by atoms with Crippen molar-refractivity contribution >= 4 is 17.7 Å². The molecule has 1 aliphatic heterocycles. The second kappa shape index (κ2) is 9.95. The number of hydrogen-bond donors (Lipinski definition) is 1. The second-order valence-corrected chi connectivity index (χ2v) is 9.39. The van der Waals surface area contributed by atoms with Crippen LogP contribution in [0.5, 0.6) is 5.75 Å². The van der Waals surface area contributed by atoms with Crippen molar-refractivity contribution in [1.82, 2.24) is 0 Å². The highest BCUT2D eigenvalue weighted by atomic mass is 19.1. The molecule has 1 unspecified atom stereocenters. The average molecular weight is 474 g/mol. The van der Waals surface area contributed by atoms with Gasteiger partial charge in [0.15, 0.2) is 0 Å². The molecule has 0 saturated carbocycles. The lowest BCUT2D eigenvalue weighted by molar-refractivity contribution is -0.137. The van der Waals surface area contributed by atoms with E-state index in [9.17, 15) is 9.90 Å². The number of nitrogens with zero attached hydrogens (tertiary/aromatic N) is 1. The minimum Gasteiger partial charge on any atom is -0.508 e. The first kappa shape index (κ1) is 24.5. The zero-order valence-electron chi connectivity index (χ0n) is 20.7. The van der Waals surface area contributed by atoms with Crippen molar-refractivity contribution in [3.05, 3.63) is 100 Å². The van der Waals surface area contributed by atoms with Gasteiger partial charge in [-0.25, -0.2) is 9.18 Å². The predicted molar refractivity (Wildman–Crippen MR) is 138 cm³/mol. The van der Waals surface area contributed by atoms with Gasteiger partial charge in [0.1, 0.15) is 11.6 Å². The molecule has 0 bridgehead atoms. The lowest BCUT2D eigenvalue weighted by atomic mass is 9.76. The molecule has 4 rings (SSSR count). The maximum absolute atomic E-state index is 15.5. The molecule has 0 radical (unpaired) electrons. The average Bonchev–Trinajstić information content (AvgIpc) is 2.83. The molecule has 35 heavy (non-hydrogen) atoms. The fourth-order valence-corrected chi connectivity index (χ4v) is 4.91. The van der Waals surface area contributed by atoms with Crippen LogP contribution in [-0.4, -0.2) is 24.2 Å². The molecule has 3 aromatic carbocycles. The summed E-state index contributed by atoms with van der Waals surface area (Å²) in [7, 11) is 0. The lowest BCUT2D eigenvalue weighted by Crippen LogP contribution is -2.50. The van der Waals surface area contributed by atoms with Crippen LogP contribution in [0.1, 0.15) is 61.4 Å². The van der Waals surface area contributed by atoms with Gasteiger partial charge in [-0.1, -0.05) is 50.2 Å². The van der Waals surface area contributed by atoms with E-state index in [4.69, 9.17) is 4.74 Å². The molecule has 0 spiro atoms. The Kier molecular flexibility index (Phi) is 6.97. The van der Waals surface area contributed by atoms with E-state index in [1.807, 2.05) is 42.5 Å². The summed E-state index contributed by atoms with van der Waals surface area (Å²) in [5, 5.41) is 10.1. The number of benzene rings is 3. The Morgan fingerprint density at radius 1 is 1.14 bits per heavy atom. The van der Waals surface area contributed by atoms with Crippen LogP contribution in [0.4, 0.5) is 10.1 Å². The molecular weight excluding hydrogens is 441 g/mol. The number of carbonyl (C=O) groups excluding carboxylic acids is 1. The third-order valence-electron chi connectivity index (χ3n) is 6.86. The lowest BCUT2D eigenvalue weighted by Gasteiger charge is -2.48. The van der Waals surface area contributed by atoms with Crippen LogP contribution >= 0.6 is 0 Å². The third kappa shape index (κ3) is 4.81. The van der Waals surface area contributed by atoms with Crippen LogP contribution in [-0.2, 0) is 21.5 Å². The van der Waals surface area contributed by atoms with Gasteiger partial charge >= 0.3 is 5.97 Å². The van der Waals surface area contributed by atoms with E-state index in [2.05, 4.69) is 25.7 Å². The van der Waals surface area contributed by atoms with Crippen molar-refractivity contribution in [3.8, 4) is 5.75 Å². The Labute approximate surface area is 206 Å². The van der Waals surface area contributed by atoms with Gasteiger partial charge in [-0.05, 0) is 84.3 Å². The van der Waals surface area contributed by atoms with Crippen LogP contribution < -0.4 is 4.90 Å². The van der Waals surface area contributed by atoms with Gasteiger partial charge in [0, 0.05) is 12.6 Å². The van der Waals surface area contributed by atoms with Crippen LogP contribution in [0, 0.1) is 5.82 Å². The van der Waals surface area contributed by atoms with E-state index in [1.165, 1.54) is 6.08 Å².